The molecule has 0 bridgehead atoms. The van der Waals surface area contributed by atoms with Crippen LogP contribution in [0.4, 0.5) is 0 Å². The number of aromatic nitrogens is 2. The van der Waals surface area contributed by atoms with Crippen LogP contribution >= 0.6 is 28.3 Å². The maximum Gasteiger partial charge on any atom is 0.134 e. The molecule has 1 fully saturated rings. The van der Waals surface area contributed by atoms with Crippen molar-refractivity contribution in [2.45, 2.75) is 5.60 Å². The van der Waals surface area contributed by atoms with E-state index in [4.69, 9.17) is 4.74 Å². The van der Waals surface area contributed by atoms with Gasteiger partial charge in [-0.3, -0.25) is 4.68 Å². The van der Waals surface area contributed by atoms with E-state index in [-0.39, 0.29) is 18.0 Å². The molecule has 80 valence electrons. The van der Waals surface area contributed by atoms with Gasteiger partial charge in [-0.2, -0.15) is 5.10 Å². The lowest BCUT2D eigenvalue weighted by atomic mass is 9.93. The normalized spacial score (nSPS) is 18.5. The summed E-state index contributed by atoms with van der Waals surface area (Å²) in [5.74, 6) is 0. The molecule has 0 atom stereocenters. The SMILES string of the molecule is COC1(c2cc(Br)nn2C)CNC1.Cl. The zero-order chi connectivity index (χ0) is 9.47. The molecule has 0 unspecified atom stereocenters. The molecule has 2 rings (SSSR count). The molecule has 1 saturated heterocycles. The molecule has 2 heterocycles. The Morgan fingerprint density at radius 3 is 2.57 bits per heavy atom. The summed E-state index contributed by atoms with van der Waals surface area (Å²) in [6.07, 6.45) is 0. The number of aryl methyl sites for hydroxylation is 1. The third-order valence-electron chi connectivity index (χ3n) is 2.53. The molecule has 4 nitrogen and oxygen atoms in total. The number of hydrogen-bond donors (Lipinski definition) is 1. The van der Waals surface area contributed by atoms with Crippen LogP contribution in [-0.4, -0.2) is 30.0 Å². The molecule has 6 heteroatoms. The summed E-state index contributed by atoms with van der Waals surface area (Å²) in [5, 5.41) is 7.44. The molecule has 1 N–H and O–H groups in total. The van der Waals surface area contributed by atoms with Crippen molar-refractivity contribution in [3.05, 3.63) is 16.4 Å². The summed E-state index contributed by atoms with van der Waals surface area (Å²) >= 11 is 3.35. The first-order valence-electron chi connectivity index (χ1n) is 4.14. The van der Waals surface area contributed by atoms with Gasteiger partial charge in [0, 0.05) is 27.2 Å². The first-order valence-corrected chi connectivity index (χ1v) is 4.93. The van der Waals surface area contributed by atoms with Crippen LogP contribution in [0.1, 0.15) is 5.69 Å². The Balaban J connectivity index is 0.000000980. The molecular weight excluding hydrogens is 269 g/mol. The van der Waals surface area contributed by atoms with Crippen LogP contribution in [0.5, 0.6) is 0 Å². The van der Waals surface area contributed by atoms with Gasteiger partial charge in [-0.1, -0.05) is 0 Å². The van der Waals surface area contributed by atoms with Gasteiger partial charge >= 0.3 is 0 Å². The number of hydrogen-bond acceptors (Lipinski definition) is 3. The van der Waals surface area contributed by atoms with E-state index in [9.17, 15) is 0 Å². The highest BCUT2D eigenvalue weighted by molar-refractivity contribution is 9.10. The van der Waals surface area contributed by atoms with Crippen LogP contribution in [0.15, 0.2) is 10.7 Å². The van der Waals surface area contributed by atoms with Gasteiger partial charge in [0.25, 0.3) is 0 Å². The molecule has 1 aromatic rings. The van der Waals surface area contributed by atoms with Gasteiger partial charge < -0.3 is 10.1 Å². The molecule has 0 amide bonds. The second kappa shape index (κ2) is 4.18. The quantitative estimate of drug-likeness (QED) is 0.881. The van der Waals surface area contributed by atoms with Gasteiger partial charge in [-0.15, -0.1) is 12.4 Å². The fraction of sp³-hybridized carbons (Fsp3) is 0.625. The minimum absolute atomic E-state index is 0. The van der Waals surface area contributed by atoms with Crippen LogP contribution in [0.25, 0.3) is 0 Å². The number of ether oxygens (including phenoxy) is 1. The number of halogens is 2. The zero-order valence-electron chi connectivity index (χ0n) is 8.08. The van der Waals surface area contributed by atoms with Crippen molar-refractivity contribution < 1.29 is 4.74 Å². The van der Waals surface area contributed by atoms with Gasteiger partial charge in [-0.25, -0.2) is 0 Å². The summed E-state index contributed by atoms with van der Waals surface area (Å²) < 4.78 is 8.22. The Morgan fingerprint density at radius 1 is 1.64 bits per heavy atom. The third-order valence-corrected chi connectivity index (χ3v) is 2.92. The third kappa shape index (κ3) is 1.69. The highest BCUT2D eigenvalue weighted by Crippen LogP contribution is 2.30. The average molecular weight is 283 g/mol. The van der Waals surface area contributed by atoms with Crippen molar-refractivity contribution in [1.29, 1.82) is 0 Å². The summed E-state index contributed by atoms with van der Waals surface area (Å²) in [6.45, 7) is 1.71. The molecule has 1 aliphatic rings. The fourth-order valence-corrected chi connectivity index (χ4v) is 2.10. The molecule has 1 aromatic heterocycles. The molecule has 1 aliphatic heterocycles. The maximum atomic E-state index is 5.51. The second-order valence-electron chi connectivity index (χ2n) is 3.28. The van der Waals surface area contributed by atoms with E-state index in [0.29, 0.717) is 0 Å². The van der Waals surface area contributed by atoms with Gasteiger partial charge in [0.15, 0.2) is 0 Å². The molecule has 0 spiro atoms. The van der Waals surface area contributed by atoms with E-state index in [1.54, 1.807) is 7.11 Å². The second-order valence-corrected chi connectivity index (χ2v) is 4.09. The summed E-state index contributed by atoms with van der Waals surface area (Å²) in [4.78, 5) is 0. The van der Waals surface area contributed by atoms with E-state index in [0.717, 1.165) is 23.4 Å². The smallest absolute Gasteiger partial charge is 0.134 e. The van der Waals surface area contributed by atoms with Crippen LogP contribution in [-0.2, 0) is 17.4 Å². The molecule has 0 radical (unpaired) electrons. The molecule has 14 heavy (non-hydrogen) atoms. The Labute approximate surface area is 97.5 Å². The molecule has 0 aliphatic carbocycles. The summed E-state index contributed by atoms with van der Waals surface area (Å²) in [6, 6.07) is 2.00. The number of rotatable bonds is 2. The van der Waals surface area contributed by atoms with Crippen molar-refractivity contribution in [3.8, 4) is 0 Å². The Kier molecular flexibility index (Phi) is 3.58. The van der Waals surface area contributed by atoms with E-state index >= 15 is 0 Å². The lowest BCUT2D eigenvalue weighted by molar-refractivity contribution is -0.0624. The molecular formula is C8H13BrClN3O. The van der Waals surface area contributed by atoms with Crippen LogP contribution < -0.4 is 5.32 Å². The van der Waals surface area contributed by atoms with E-state index in [1.165, 1.54) is 0 Å². The van der Waals surface area contributed by atoms with Crippen LogP contribution in [0.2, 0.25) is 0 Å². The average Bonchev–Trinajstić information content (AvgIpc) is 2.30. The summed E-state index contributed by atoms with van der Waals surface area (Å²) in [5.41, 5.74) is 0.939. The highest BCUT2D eigenvalue weighted by atomic mass is 79.9. The van der Waals surface area contributed by atoms with Crippen LogP contribution in [0, 0.1) is 0 Å². The van der Waals surface area contributed by atoms with Crippen molar-refractivity contribution in [2.75, 3.05) is 20.2 Å². The first kappa shape index (κ1) is 12.0. The minimum atomic E-state index is -0.173. The number of methoxy groups -OCH3 is 1. The standard InChI is InChI=1S/C8H12BrN3O.ClH/c1-12-6(3-7(9)11-12)8(13-2)4-10-5-8;/h3,10H,4-5H2,1-2H3;1H. The monoisotopic (exact) mass is 281 g/mol. The lowest BCUT2D eigenvalue weighted by Gasteiger charge is -2.41. The Hall–Kier alpha value is -0.100. The van der Waals surface area contributed by atoms with Gasteiger partial charge in [0.1, 0.15) is 10.2 Å². The number of nitrogens with one attached hydrogen (secondary N) is 1. The van der Waals surface area contributed by atoms with Crippen molar-refractivity contribution in [1.82, 2.24) is 15.1 Å². The topological polar surface area (TPSA) is 39.1 Å². The lowest BCUT2D eigenvalue weighted by Crippen LogP contribution is -2.58. The molecule has 0 saturated carbocycles. The van der Waals surface area contributed by atoms with E-state index < -0.39 is 0 Å². The largest absolute Gasteiger partial charge is 0.369 e. The zero-order valence-corrected chi connectivity index (χ0v) is 10.5. The maximum absolute atomic E-state index is 5.51. The van der Waals surface area contributed by atoms with Gasteiger partial charge in [-0.05, 0) is 22.0 Å². The van der Waals surface area contributed by atoms with Crippen molar-refractivity contribution in [2.24, 2.45) is 7.05 Å². The van der Waals surface area contributed by atoms with E-state index in [1.807, 2.05) is 17.8 Å². The Morgan fingerprint density at radius 2 is 2.29 bits per heavy atom. The predicted octanol–water partition coefficient (Wildman–Crippen LogP) is 1.05. The van der Waals surface area contributed by atoms with Gasteiger partial charge in [0.2, 0.25) is 0 Å². The summed E-state index contributed by atoms with van der Waals surface area (Å²) in [7, 11) is 3.67. The fourth-order valence-electron chi connectivity index (χ4n) is 1.64. The predicted molar refractivity (Wildman–Crippen MR) is 59.7 cm³/mol. The van der Waals surface area contributed by atoms with Crippen LogP contribution in [0.3, 0.4) is 0 Å². The minimum Gasteiger partial charge on any atom is -0.369 e. The van der Waals surface area contributed by atoms with Crippen molar-refractivity contribution >= 4 is 28.3 Å². The first-order chi connectivity index (χ1) is 6.18. The molecule has 0 aromatic carbocycles. The van der Waals surface area contributed by atoms with E-state index in [2.05, 4.69) is 26.3 Å². The highest BCUT2D eigenvalue weighted by Gasteiger charge is 2.41. The van der Waals surface area contributed by atoms with Gasteiger partial charge in [0.05, 0.1) is 5.69 Å². The number of nitrogens with zero attached hydrogens (tertiary/aromatic N) is 2. The Bertz CT molecular complexity index is 319. The van der Waals surface area contributed by atoms with Crippen molar-refractivity contribution in [3.63, 3.8) is 0 Å².